The lowest BCUT2D eigenvalue weighted by Crippen LogP contribution is -2.37. The third-order valence-electron chi connectivity index (χ3n) is 3.46. The maximum atomic E-state index is 12.0. The van der Waals surface area contributed by atoms with Gasteiger partial charge in [0.05, 0.1) is 21.8 Å². The summed E-state index contributed by atoms with van der Waals surface area (Å²) in [6.45, 7) is 0. The minimum atomic E-state index is -3.26. The molecule has 1 aromatic heterocycles. The smallest absolute Gasteiger partial charge is 0.178 e. The largest absolute Gasteiger partial charge is 0.385 e. The zero-order chi connectivity index (χ0) is 13.5. The molecule has 1 atom stereocenters. The van der Waals surface area contributed by atoms with Gasteiger partial charge in [0, 0.05) is 23.1 Å². The number of nitrogens with zero attached hydrogens (tertiary/aromatic N) is 1. The lowest BCUT2D eigenvalue weighted by Gasteiger charge is -2.33. The topological polar surface area (TPSA) is 67.3 Å². The normalized spacial score (nSPS) is 24.9. The fourth-order valence-corrected chi connectivity index (χ4v) is 4.88. The zero-order valence-corrected chi connectivity index (χ0v) is 11.7. The Labute approximate surface area is 115 Å². The van der Waals surface area contributed by atoms with Gasteiger partial charge in [-0.2, -0.15) is 0 Å². The lowest BCUT2D eigenvalue weighted by atomic mass is 9.87. The average Bonchev–Trinajstić information content (AvgIpc) is 2.88. The van der Waals surface area contributed by atoms with Crippen LogP contribution in [0, 0.1) is 0 Å². The minimum Gasteiger partial charge on any atom is -0.385 e. The summed E-state index contributed by atoms with van der Waals surface area (Å²) in [5.74, 6) is -0.0146. The molecule has 1 aliphatic rings. The Balaban J connectivity index is 2.09. The quantitative estimate of drug-likeness (QED) is 0.916. The van der Waals surface area contributed by atoms with E-state index in [4.69, 9.17) is 0 Å². The molecular formula is C13H13NO3S2. The molecule has 0 saturated heterocycles. The first kappa shape index (κ1) is 12.8. The van der Waals surface area contributed by atoms with Gasteiger partial charge in [-0.05, 0) is 12.5 Å². The van der Waals surface area contributed by atoms with Gasteiger partial charge < -0.3 is 5.11 Å². The summed E-state index contributed by atoms with van der Waals surface area (Å²) in [6.07, 6.45) is 2.35. The number of aromatic nitrogens is 1. The third kappa shape index (κ3) is 2.20. The number of sulfone groups is 1. The number of rotatable bonds is 2. The monoisotopic (exact) mass is 295 g/mol. The molecule has 0 radical (unpaired) electrons. The first-order chi connectivity index (χ1) is 9.01. The van der Waals surface area contributed by atoms with Crippen molar-refractivity contribution in [3.63, 3.8) is 0 Å². The Kier molecular flexibility index (Phi) is 2.96. The number of thiazole rings is 1. The van der Waals surface area contributed by atoms with Crippen molar-refractivity contribution in [2.24, 2.45) is 0 Å². The standard InChI is InChI=1S/C13H13NO3S2/c15-13(7-10-8-14-9-18-10)5-6-19(16,17)12-4-2-1-3-11(12)13/h1-4,8-9,15H,5-7H2. The summed E-state index contributed by atoms with van der Waals surface area (Å²) >= 11 is 1.47. The Morgan fingerprint density at radius 3 is 2.89 bits per heavy atom. The molecule has 100 valence electrons. The van der Waals surface area contributed by atoms with E-state index >= 15 is 0 Å². The molecule has 0 bridgehead atoms. The van der Waals surface area contributed by atoms with Gasteiger partial charge in [-0.3, -0.25) is 4.98 Å². The van der Waals surface area contributed by atoms with Crippen LogP contribution in [0.1, 0.15) is 16.9 Å². The molecule has 0 aliphatic carbocycles. The van der Waals surface area contributed by atoms with Crippen molar-refractivity contribution >= 4 is 21.2 Å². The van der Waals surface area contributed by atoms with E-state index in [2.05, 4.69) is 4.98 Å². The molecule has 4 nitrogen and oxygen atoms in total. The molecule has 1 N–H and O–H groups in total. The van der Waals surface area contributed by atoms with E-state index in [9.17, 15) is 13.5 Å². The molecule has 1 aliphatic heterocycles. The number of hydrogen-bond donors (Lipinski definition) is 1. The van der Waals surface area contributed by atoms with E-state index in [1.165, 1.54) is 11.3 Å². The number of aliphatic hydroxyl groups is 1. The summed E-state index contributed by atoms with van der Waals surface area (Å²) < 4.78 is 24.1. The van der Waals surface area contributed by atoms with Crippen molar-refractivity contribution in [3.05, 3.63) is 46.4 Å². The van der Waals surface area contributed by atoms with Gasteiger partial charge in [-0.25, -0.2) is 8.42 Å². The average molecular weight is 295 g/mol. The SMILES string of the molecule is O=S1(=O)CCC(O)(Cc2cncs2)c2ccccc21. The van der Waals surface area contributed by atoms with Crippen LogP contribution < -0.4 is 0 Å². The summed E-state index contributed by atoms with van der Waals surface area (Å²) in [6, 6.07) is 6.72. The molecule has 0 spiro atoms. The molecule has 3 rings (SSSR count). The van der Waals surface area contributed by atoms with E-state index in [0.717, 1.165) is 4.88 Å². The van der Waals surface area contributed by atoms with Crippen molar-refractivity contribution in [3.8, 4) is 0 Å². The zero-order valence-electron chi connectivity index (χ0n) is 10.1. The van der Waals surface area contributed by atoms with E-state index in [0.29, 0.717) is 12.0 Å². The third-order valence-corrected chi connectivity index (χ3v) is 6.01. The van der Waals surface area contributed by atoms with Crippen LogP contribution in [0.15, 0.2) is 40.9 Å². The molecule has 6 heteroatoms. The molecule has 1 aromatic carbocycles. The maximum absolute atomic E-state index is 12.0. The van der Waals surface area contributed by atoms with Crippen molar-refractivity contribution in [2.45, 2.75) is 23.3 Å². The fraction of sp³-hybridized carbons (Fsp3) is 0.308. The predicted octanol–water partition coefficient (Wildman–Crippen LogP) is 1.75. The van der Waals surface area contributed by atoms with Crippen LogP contribution in [0.4, 0.5) is 0 Å². The summed E-state index contributed by atoms with van der Waals surface area (Å²) in [5.41, 5.74) is 1.10. The Morgan fingerprint density at radius 1 is 1.37 bits per heavy atom. The molecule has 2 aromatic rings. The number of fused-ring (bicyclic) bond motifs is 1. The van der Waals surface area contributed by atoms with Crippen LogP contribution >= 0.6 is 11.3 Å². The molecule has 0 amide bonds. The van der Waals surface area contributed by atoms with E-state index in [1.807, 2.05) is 0 Å². The van der Waals surface area contributed by atoms with Gasteiger partial charge in [0.15, 0.2) is 9.84 Å². The molecular weight excluding hydrogens is 282 g/mol. The van der Waals surface area contributed by atoms with Gasteiger partial charge in [0.2, 0.25) is 0 Å². The maximum Gasteiger partial charge on any atom is 0.178 e. The van der Waals surface area contributed by atoms with Gasteiger partial charge in [0.25, 0.3) is 0 Å². The highest BCUT2D eigenvalue weighted by molar-refractivity contribution is 7.91. The van der Waals surface area contributed by atoms with Crippen LogP contribution in [-0.2, 0) is 21.9 Å². The van der Waals surface area contributed by atoms with Gasteiger partial charge in [-0.1, -0.05) is 18.2 Å². The molecule has 2 heterocycles. The van der Waals surface area contributed by atoms with Gasteiger partial charge >= 0.3 is 0 Å². The first-order valence-corrected chi connectivity index (χ1v) is 8.46. The molecule has 0 fully saturated rings. The Morgan fingerprint density at radius 2 is 2.16 bits per heavy atom. The van der Waals surface area contributed by atoms with Gasteiger partial charge in [0.1, 0.15) is 0 Å². The lowest BCUT2D eigenvalue weighted by molar-refractivity contribution is 0.0290. The number of hydrogen-bond acceptors (Lipinski definition) is 5. The minimum absolute atomic E-state index is 0.0146. The first-order valence-electron chi connectivity index (χ1n) is 5.93. The van der Waals surface area contributed by atoms with Crippen molar-refractivity contribution in [1.82, 2.24) is 4.98 Å². The second-order valence-electron chi connectivity index (χ2n) is 4.74. The summed E-state index contributed by atoms with van der Waals surface area (Å²) in [4.78, 5) is 5.21. The highest BCUT2D eigenvalue weighted by Crippen LogP contribution is 2.39. The highest BCUT2D eigenvalue weighted by atomic mass is 32.2. The summed E-state index contributed by atoms with van der Waals surface area (Å²) in [7, 11) is -3.26. The van der Waals surface area contributed by atoms with E-state index in [1.54, 1.807) is 36.0 Å². The Hall–Kier alpha value is -1.24. The fourth-order valence-electron chi connectivity index (χ4n) is 2.47. The van der Waals surface area contributed by atoms with Crippen LogP contribution in [-0.4, -0.2) is 24.3 Å². The summed E-state index contributed by atoms with van der Waals surface area (Å²) in [5, 5.41) is 10.8. The highest BCUT2D eigenvalue weighted by Gasteiger charge is 2.40. The van der Waals surface area contributed by atoms with Crippen LogP contribution in [0.2, 0.25) is 0 Å². The second-order valence-corrected chi connectivity index (χ2v) is 7.79. The van der Waals surface area contributed by atoms with E-state index < -0.39 is 15.4 Å². The molecule has 19 heavy (non-hydrogen) atoms. The van der Waals surface area contributed by atoms with Crippen molar-refractivity contribution in [2.75, 3.05) is 5.75 Å². The van der Waals surface area contributed by atoms with Crippen molar-refractivity contribution < 1.29 is 13.5 Å². The van der Waals surface area contributed by atoms with Crippen LogP contribution in [0.25, 0.3) is 0 Å². The van der Waals surface area contributed by atoms with E-state index in [-0.39, 0.29) is 17.1 Å². The molecule has 1 unspecified atom stereocenters. The second kappa shape index (κ2) is 4.40. The van der Waals surface area contributed by atoms with Crippen LogP contribution in [0.5, 0.6) is 0 Å². The predicted molar refractivity (Wildman–Crippen MR) is 72.8 cm³/mol. The van der Waals surface area contributed by atoms with Crippen LogP contribution in [0.3, 0.4) is 0 Å². The Bertz CT molecular complexity index is 694. The number of benzene rings is 1. The van der Waals surface area contributed by atoms with Gasteiger partial charge in [-0.15, -0.1) is 11.3 Å². The van der Waals surface area contributed by atoms with Crippen molar-refractivity contribution in [1.29, 1.82) is 0 Å². The molecule has 0 saturated carbocycles.